The van der Waals surface area contributed by atoms with Crippen LogP contribution in [0.25, 0.3) is 0 Å². The van der Waals surface area contributed by atoms with Gasteiger partial charge in [0.05, 0.1) is 0 Å². The molecule has 3 heteroatoms. The summed E-state index contributed by atoms with van der Waals surface area (Å²) in [5.74, 6) is 0.929. The van der Waals surface area contributed by atoms with Crippen molar-refractivity contribution in [2.45, 2.75) is 45.6 Å². The molecule has 1 aromatic rings. The number of piperidine rings is 1. The molecule has 2 heterocycles. The average Bonchev–Trinajstić information content (AvgIpc) is 2.71. The Kier molecular flexibility index (Phi) is 4.82. The fourth-order valence-corrected chi connectivity index (χ4v) is 4.16. The summed E-state index contributed by atoms with van der Waals surface area (Å²) < 4.78 is 0. The molecule has 0 unspecified atom stereocenters. The van der Waals surface area contributed by atoms with Crippen LogP contribution in [-0.2, 0) is 11.3 Å². The van der Waals surface area contributed by atoms with Crippen molar-refractivity contribution in [3.63, 3.8) is 0 Å². The molecule has 0 bridgehead atoms. The normalized spacial score (nSPS) is 27.7. The Morgan fingerprint density at radius 1 is 1.18 bits per heavy atom. The van der Waals surface area contributed by atoms with Gasteiger partial charge in [0.15, 0.2) is 0 Å². The Morgan fingerprint density at radius 2 is 1.91 bits per heavy atom. The number of hydrogen-bond donors (Lipinski definition) is 1. The van der Waals surface area contributed by atoms with E-state index in [1.807, 2.05) is 6.07 Å². The third-order valence-electron chi connectivity index (χ3n) is 5.61. The topological polar surface area (TPSA) is 32.3 Å². The van der Waals surface area contributed by atoms with E-state index in [9.17, 15) is 4.79 Å². The number of benzene rings is 1. The molecular weight excluding hydrogens is 272 g/mol. The van der Waals surface area contributed by atoms with Crippen molar-refractivity contribution in [1.82, 2.24) is 10.2 Å². The minimum absolute atomic E-state index is 0.159. The average molecular weight is 300 g/mol. The van der Waals surface area contributed by atoms with Gasteiger partial charge in [-0.2, -0.15) is 0 Å². The summed E-state index contributed by atoms with van der Waals surface area (Å²) in [7, 11) is 0. The molecule has 2 saturated heterocycles. The summed E-state index contributed by atoms with van der Waals surface area (Å²) in [5.41, 5.74) is 1.08. The van der Waals surface area contributed by atoms with Crippen LogP contribution in [0.3, 0.4) is 0 Å². The summed E-state index contributed by atoms with van der Waals surface area (Å²) in [6.45, 7) is 6.03. The number of hydrogen-bond acceptors (Lipinski definition) is 2. The summed E-state index contributed by atoms with van der Waals surface area (Å²) in [5, 5.41) is 3.43. The van der Waals surface area contributed by atoms with Crippen LogP contribution in [0.4, 0.5) is 0 Å². The molecule has 0 saturated carbocycles. The Hall–Kier alpha value is -1.35. The number of carbonyl (C=O) groups is 1. The third kappa shape index (κ3) is 3.19. The molecule has 2 aliphatic rings. The monoisotopic (exact) mass is 300 g/mol. The molecule has 3 nitrogen and oxygen atoms in total. The second-order valence-electron chi connectivity index (χ2n) is 7.11. The highest BCUT2D eigenvalue weighted by Crippen LogP contribution is 2.42. The quantitative estimate of drug-likeness (QED) is 0.929. The van der Waals surface area contributed by atoms with Crippen LogP contribution in [0, 0.1) is 11.3 Å². The first-order valence-corrected chi connectivity index (χ1v) is 8.74. The predicted molar refractivity (Wildman–Crippen MR) is 89.4 cm³/mol. The lowest BCUT2D eigenvalue weighted by Gasteiger charge is -2.40. The fourth-order valence-electron chi connectivity index (χ4n) is 4.16. The van der Waals surface area contributed by atoms with Crippen LogP contribution in [0.15, 0.2) is 30.3 Å². The maximum absolute atomic E-state index is 13.3. The standard InChI is InChI=1S/C19H28N2O/c1-19(17-9-12-20-13-10-17)11-5-6-14-21(18(19)22)15-16-7-3-2-4-8-16/h2-4,7-8,17,20H,5-6,9-15H2,1H3/t19-/m1/s1. The van der Waals surface area contributed by atoms with Gasteiger partial charge in [0.25, 0.3) is 0 Å². The van der Waals surface area contributed by atoms with Crippen molar-refractivity contribution in [1.29, 1.82) is 0 Å². The van der Waals surface area contributed by atoms with Crippen LogP contribution < -0.4 is 5.32 Å². The maximum Gasteiger partial charge on any atom is 0.229 e. The molecule has 0 spiro atoms. The SMILES string of the molecule is C[C@]1(C2CCNCC2)CCCCN(Cc2ccccc2)C1=O. The van der Waals surface area contributed by atoms with Crippen LogP contribution in [-0.4, -0.2) is 30.4 Å². The van der Waals surface area contributed by atoms with Crippen LogP contribution in [0.5, 0.6) is 0 Å². The lowest BCUT2D eigenvalue weighted by atomic mass is 9.69. The summed E-state index contributed by atoms with van der Waals surface area (Å²) in [6, 6.07) is 10.4. The molecule has 22 heavy (non-hydrogen) atoms. The highest BCUT2D eigenvalue weighted by atomic mass is 16.2. The van der Waals surface area contributed by atoms with Crippen LogP contribution in [0.2, 0.25) is 0 Å². The summed E-state index contributed by atoms with van der Waals surface area (Å²) >= 11 is 0. The van der Waals surface area contributed by atoms with E-state index < -0.39 is 0 Å². The second kappa shape index (κ2) is 6.82. The van der Waals surface area contributed by atoms with Crippen LogP contribution in [0.1, 0.15) is 44.6 Å². The molecule has 0 aromatic heterocycles. The van der Waals surface area contributed by atoms with Gasteiger partial charge in [0, 0.05) is 18.5 Å². The molecule has 1 atom stereocenters. The van der Waals surface area contributed by atoms with E-state index in [2.05, 4.69) is 41.4 Å². The number of nitrogens with zero attached hydrogens (tertiary/aromatic N) is 1. The Bertz CT molecular complexity index is 495. The minimum Gasteiger partial charge on any atom is -0.338 e. The molecule has 1 aromatic carbocycles. The molecule has 1 N–H and O–H groups in total. The van der Waals surface area contributed by atoms with Gasteiger partial charge in [0.1, 0.15) is 0 Å². The fraction of sp³-hybridized carbons (Fsp3) is 0.632. The second-order valence-corrected chi connectivity index (χ2v) is 7.11. The number of amides is 1. The van der Waals surface area contributed by atoms with Gasteiger partial charge < -0.3 is 10.2 Å². The summed E-state index contributed by atoms with van der Waals surface area (Å²) in [6.07, 6.45) is 5.65. The van der Waals surface area contributed by atoms with Gasteiger partial charge in [-0.15, -0.1) is 0 Å². The highest BCUT2D eigenvalue weighted by Gasteiger charge is 2.44. The van der Waals surface area contributed by atoms with Gasteiger partial charge >= 0.3 is 0 Å². The zero-order valence-electron chi connectivity index (χ0n) is 13.7. The van der Waals surface area contributed by atoms with E-state index in [-0.39, 0.29) is 5.41 Å². The first kappa shape index (κ1) is 15.5. The van der Waals surface area contributed by atoms with Crippen LogP contribution >= 0.6 is 0 Å². The lowest BCUT2D eigenvalue weighted by Crippen LogP contribution is -2.47. The van der Waals surface area contributed by atoms with Gasteiger partial charge in [0.2, 0.25) is 5.91 Å². The Labute approximate surface area is 134 Å². The van der Waals surface area contributed by atoms with E-state index in [4.69, 9.17) is 0 Å². The van der Waals surface area contributed by atoms with Gasteiger partial charge in [-0.05, 0) is 50.3 Å². The molecule has 0 aliphatic carbocycles. The van der Waals surface area contributed by atoms with Gasteiger partial charge in [-0.1, -0.05) is 43.7 Å². The molecule has 0 radical (unpaired) electrons. The van der Waals surface area contributed by atoms with E-state index >= 15 is 0 Å². The molecule has 1 amide bonds. The lowest BCUT2D eigenvalue weighted by molar-refractivity contribution is -0.145. The maximum atomic E-state index is 13.3. The van der Waals surface area contributed by atoms with Crippen molar-refractivity contribution in [3.8, 4) is 0 Å². The van der Waals surface area contributed by atoms with Crippen molar-refractivity contribution in [2.75, 3.05) is 19.6 Å². The Balaban J connectivity index is 1.78. The van der Waals surface area contributed by atoms with E-state index in [1.54, 1.807) is 0 Å². The number of rotatable bonds is 3. The molecule has 3 rings (SSSR count). The number of carbonyl (C=O) groups excluding carboxylic acids is 1. The largest absolute Gasteiger partial charge is 0.338 e. The third-order valence-corrected chi connectivity index (χ3v) is 5.61. The van der Waals surface area contributed by atoms with E-state index in [0.717, 1.165) is 51.9 Å². The van der Waals surface area contributed by atoms with Crippen molar-refractivity contribution in [3.05, 3.63) is 35.9 Å². The minimum atomic E-state index is -0.159. The van der Waals surface area contributed by atoms with E-state index in [1.165, 1.54) is 12.0 Å². The molecule has 120 valence electrons. The molecule has 2 fully saturated rings. The number of likely N-dealkylation sites (tertiary alicyclic amines) is 1. The molecule has 2 aliphatic heterocycles. The summed E-state index contributed by atoms with van der Waals surface area (Å²) in [4.78, 5) is 15.4. The first-order valence-electron chi connectivity index (χ1n) is 8.74. The highest BCUT2D eigenvalue weighted by molar-refractivity contribution is 5.83. The zero-order chi connectivity index (χ0) is 15.4. The van der Waals surface area contributed by atoms with E-state index in [0.29, 0.717) is 11.8 Å². The van der Waals surface area contributed by atoms with Gasteiger partial charge in [-0.3, -0.25) is 4.79 Å². The number of nitrogens with one attached hydrogen (secondary N) is 1. The van der Waals surface area contributed by atoms with Crippen molar-refractivity contribution < 1.29 is 4.79 Å². The first-order chi connectivity index (χ1) is 10.7. The van der Waals surface area contributed by atoms with Crippen molar-refractivity contribution in [2.24, 2.45) is 11.3 Å². The van der Waals surface area contributed by atoms with Gasteiger partial charge in [-0.25, -0.2) is 0 Å². The zero-order valence-corrected chi connectivity index (χ0v) is 13.7. The predicted octanol–water partition coefficient (Wildman–Crippen LogP) is 3.21. The smallest absolute Gasteiger partial charge is 0.229 e. The van der Waals surface area contributed by atoms with Crippen molar-refractivity contribution >= 4 is 5.91 Å². The Morgan fingerprint density at radius 3 is 2.64 bits per heavy atom. The molecular formula is C19H28N2O.